The Hall–Kier alpha value is -0.530. The highest BCUT2D eigenvalue weighted by Gasteiger charge is 2.28. The number of carboxylic acid groups (broad SMARTS) is 1. The first-order chi connectivity index (χ1) is 8.17. The lowest BCUT2D eigenvalue weighted by molar-refractivity contribution is -0.140. The number of alkyl carbamates (subject to hydrolysis) is 1. The van der Waals surface area contributed by atoms with Crippen molar-refractivity contribution in [1.29, 1.82) is 0 Å². The van der Waals surface area contributed by atoms with Crippen LogP contribution in [0, 0.1) is 5.92 Å². The fraction of sp³-hybridized carbons (Fsp3) is 0.833. The van der Waals surface area contributed by atoms with Crippen molar-refractivity contribution in [1.82, 2.24) is 5.32 Å². The molecule has 2 atom stereocenters. The number of nitrogens with one attached hydrogen (secondary N) is 1. The van der Waals surface area contributed by atoms with E-state index in [1.807, 2.05) is 6.92 Å². The fourth-order valence-electron chi connectivity index (χ4n) is 1.45. The normalized spacial score (nSPS) is 14.7. The van der Waals surface area contributed by atoms with Gasteiger partial charge in [0.05, 0.1) is 0 Å². The molecule has 0 aromatic heterocycles. The van der Waals surface area contributed by atoms with E-state index in [-0.39, 0.29) is 5.92 Å². The van der Waals surface area contributed by atoms with E-state index in [9.17, 15) is 9.59 Å². The summed E-state index contributed by atoms with van der Waals surface area (Å²) in [7, 11) is 0. The first kappa shape index (κ1) is 17.5. The monoisotopic (exact) mass is 371 g/mol. The van der Waals surface area contributed by atoms with Crippen molar-refractivity contribution < 1.29 is 19.4 Å². The number of rotatable bonds is 6. The van der Waals surface area contributed by atoms with Crippen molar-refractivity contribution in [3.63, 3.8) is 0 Å². The Morgan fingerprint density at radius 3 is 2.33 bits per heavy atom. The van der Waals surface area contributed by atoms with Crippen molar-refractivity contribution in [2.75, 3.05) is 4.43 Å². The van der Waals surface area contributed by atoms with Gasteiger partial charge in [0.15, 0.2) is 0 Å². The van der Waals surface area contributed by atoms with Gasteiger partial charge in [-0.25, -0.2) is 9.59 Å². The molecule has 0 saturated heterocycles. The largest absolute Gasteiger partial charge is 0.480 e. The van der Waals surface area contributed by atoms with Crippen LogP contribution in [0.3, 0.4) is 0 Å². The minimum atomic E-state index is -1.03. The Balaban J connectivity index is 4.44. The van der Waals surface area contributed by atoms with Gasteiger partial charge in [0.1, 0.15) is 11.6 Å². The highest BCUT2D eigenvalue weighted by atomic mass is 127. The van der Waals surface area contributed by atoms with Crippen LogP contribution in [0.1, 0.15) is 40.5 Å². The van der Waals surface area contributed by atoms with E-state index in [2.05, 4.69) is 27.9 Å². The molecular weight excluding hydrogens is 349 g/mol. The van der Waals surface area contributed by atoms with Gasteiger partial charge in [-0.05, 0) is 44.0 Å². The minimum absolute atomic E-state index is 0.121. The van der Waals surface area contributed by atoms with Gasteiger partial charge in [-0.1, -0.05) is 29.5 Å². The molecule has 0 fully saturated rings. The van der Waals surface area contributed by atoms with Crippen molar-refractivity contribution in [2.45, 2.75) is 52.2 Å². The van der Waals surface area contributed by atoms with E-state index in [1.54, 1.807) is 20.8 Å². The summed E-state index contributed by atoms with van der Waals surface area (Å²) in [6.07, 6.45) is 1.01. The predicted molar refractivity (Wildman–Crippen MR) is 78.1 cm³/mol. The first-order valence-corrected chi connectivity index (χ1v) is 7.48. The number of hydrogen-bond donors (Lipinski definition) is 2. The molecule has 1 amide bonds. The molecule has 106 valence electrons. The second-order valence-corrected chi connectivity index (χ2v) is 6.35. The van der Waals surface area contributed by atoms with E-state index >= 15 is 0 Å². The van der Waals surface area contributed by atoms with E-state index < -0.39 is 23.7 Å². The molecule has 0 spiro atoms. The summed E-state index contributed by atoms with van der Waals surface area (Å²) >= 11 is 2.25. The lowest BCUT2D eigenvalue weighted by Crippen LogP contribution is -2.47. The molecule has 0 aliphatic rings. The standard InChI is InChI=1S/C12H22INO4/c1-8(6-5-7-13)9(10(15)16)14-11(17)18-12(2,3)4/h8-9H,5-7H2,1-4H3,(H,14,17)(H,15,16)/t8-,9-/m0/s1. The average molecular weight is 371 g/mol. The van der Waals surface area contributed by atoms with Crippen LogP contribution < -0.4 is 5.32 Å². The summed E-state index contributed by atoms with van der Waals surface area (Å²) < 4.78 is 6.03. The quantitative estimate of drug-likeness (QED) is 0.556. The number of carbonyl (C=O) groups is 2. The van der Waals surface area contributed by atoms with Gasteiger partial charge in [0, 0.05) is 0 Å². The second-order valence-electron chi connectivity index (χ2n) is 5.27. The molecule has 0 bridgehead atoms. The van der Waals surface area contributed by atoms with Crippen LogP contribution >= 0.6 is 22.6 Å². The van der Waals surface area contributed by atoms with Crippen LogP contribution in [-0.4, -0.2) is 33.2 Å². The molecule has 18 heavy (non-hydrogen) atoms. The maximum absolute atomic E-state index is 11.6. The molecule has 5 nitrogen and oxygen atoms in total. The predicted octanol–water partition coefficient (Wildman–Crippen LogP) is 2.82. The van der Waals surface area contributed by atoms with Crippen molar-refractivity contribution >= 4 is 34.7 Å². The number of amides is 1. The number of carbonyl (C=O) groups excluding carboxylic acids is 1. The van der Waals surface area contributed by atoms with Crippen molar-refractivity contribution in [3.8, 4) is 0 Å². The maximum Gasteiger partial charge on any atom is 0.408 e. The molecule has 0 aliphatic carbocycles. The molecule has 6 heteroatoms. The van der Waals surface area contributed by atoms with E-state index in [1.165, 1.54) is 0 Å². The van der Waals surface area contributed by atoms with E-state index in [0.717, 1.165) is 17.3 Å². The minimum Gasteiger partial charge on any atom is -0.480 e. The van der Waals surface area contributed by atoms with Crippen LogP contribution in [0.2, 0.25) is 0 Å². The average Bonchev–Trinajstić information content (AvgIpc) is 2.19. The van der Waals surface area contributed by atoms with Gasteiger partial charge in [-0.15, -0.1) is 0 Å². The lowest BCUT2D eigenvalue weighted by Gasteiger charge is -2.24. The molecule has 0 rings (SSSR count). The topological polar surface area (TPSA) is 75.6 Å². The third-order valence-electron chi connectivity index (χ3n) is 2.30. The zero-order valence-corrected chi connectivity index (χ0v) is 13.5. The first-order valence-electron chi connectivity index (χ1n) is 5.95. The Kier molecular flexibility index (Phi) is 7.58. The number of hydrogen-bond acceptors (Lipinski definition) is 3. The third-order valence-corrected chi connectivity index (χ3v) is 3.06. The summed E-state index contributed by atoms with van der Waals surface area (Å²) in [6.45, 7) is 7.04. The molecular formula is C12H22INO4. The number of aliphatic carboxylic acids is 1. The summed E-state index contributed by atoms with van der Waals surface area (Å²) in [6, 6.07) is -0.900. The number of ether oxygens (including phenoxy) is 1. The number of alkyl halides is 1. The summed E-state index contributed by atoms with van der Waals surface area (Å²) in [5.74, 6) is -1.15. The van der Waals surface area contributed by atoms with Gasteiger partial charge >= 0.3 is 12.1 Å². The highest BCUT2D eigenvalue weighted by molar-refractivity contribution is 14.1. The van der Waals surface area contributed by atoms with Crippen LogP contribution in [0.5, 0.6) is 0 Å². The molecule has 0 heterocycles. The Bertz CT molecular complexity index is 288. The number of halogens is 1. The van der Waals surface area contributed by atoms with E-state index in [4.69, 9.17) is 9.84 Å². The fourth-order valence-corrected chi connectivity index (χ4v) is 1.89. The molecule has 2 N–H and O–H groups in total. The van der Waals surface area contributed by atoms with Gasteiger partial charge < -0.3 is 15.2 Å². The van der Waals surface area contributed by atoms with Crippen LogP contribution in [0.15, 0.2) is 0 Å². The van der Waals surface area contributed by atoms with Gasteiger partial charge in [-0.2, -0.15) is 0 Å². The maximum atomic E-state index is 11.6. The molecule has 0 aromatic carbocycles. The van der Waals surface area contributed by atoms with Crippen LogP contribution in [0.4, 0.5) is 4.79 Å². The van der Waals surface area contributed by atoms with Gasteiger partial charge in [-0.3, -0.25) is 0 Å². The van der Waals surface area contributed by atoms with Crippen molar-refractivity contribution in [3.05, 3.63) is 0 Å². The summed E-state index contributed by atoms with van der Waals surface area (Å²) in [5.41, 5.74) is -0.626. The SMILES string of the molecule is C[C@@H](CCCI)[C@H](NC(=O)OC(C)(C)C)C(=O)O. The highest BCUT2D eigenvalue weighted by Crippen LogP contribution is 2.14. The Morgan fingerprint density at radius 2 is 1.94 bits per heavy atom. The van der Waals surface area contributed by atoms with Crippen LogP contribution in [0.25, 0.3) is 0 Å². The summed E-state index contributed by atoms with van der Waals surface area (Å²) in [4.78, 5) is 22.7. The lowest BCUT2D eigenvalue weighted by atomic mass is 9.97. The van der Waals surface area contributed by atoms with E-state index in [0.29, 0.717) is 0 Å². The molecule has 0 aromatic rings. The summed E-state index contributed by atoms with van der Waals surface area (Å²) in [5, 5.41) is 11.5. The zero-order chi connectivity index (χ0) is 14.3. The zero-order valence-electron chi connectivity index (χ0n) is 11.3. The third kappa shape index (κ3) is 7.73. The van der Waals surface area contributed by atoms with Crippen molar-refractivity contribution in [2.24, 2.45) is 5.92 Å². The van der Waals surface area contributed by atoms with Gasteiger partial charge in [0.2, 0.25) is 0 Å². The molecule has 0 unspecified atom stereocenters. The number of carboxylic acids is 1. The second kappa shape index (κ2) is 7.81. The smallest absolute Gasteiger partial charge is 0.408 e. The Labute approximate surface area is 122 Å². The molecule has 0 aliphatic heterocycles. The van der Waals surface area contributed by atoms with Crippen LogP contribution in [-0.2, 0) is 9.53 Å². The molecule has 0 radical (unpaired) electrons. The molecule has 0 saturated carbocycles. The Morgan fingerprint density at radius 1 is 1.39 bits per heavy atom. The van der Waals surface area contributed by atoms with Gasteiger partial charge in [0.25, 0.3) is 0 Å².